The maximum Gasteiger partial charge on any atom is 0.252 e. The number of carbonyl (C=O) groups excluding carboxylic acids is 2. The monoisotopic (exact) mass is 481 g/mol. The summed E-state index contributed by atoms with van der Waals surface area (Å²) in [5, 5.41) is 16.8. The zero-order valence-electron chi connectivity index (χ0n) is 20.4. The van der Waals surface area contributed by atoms with Gasteiger partial charge in [-0.15, -0.1) is 0 Å². The lowest BCUT2D eigenvalue weighted by Crippen LogP contribution is -2.53. The molecule has 2 unspecified atom stereocenters. The molecule has 2 heterocycles. The largest absolute Gasteiger partial charge is 0.454 e. The van der Waals surface area contributed by atoms with Crippen LogP contribution in [0.4, 0.5) is 0 Å². The summed E-state index contributed by atoms with van der Waals surface area (Å²) in [5.41, 5.74) is 1.60. The summed E-state index contributed by atoms with van der Waals surface area (Å²) >= 11 is 0. The molecule has 0 aromatic heterocycles. The van der Waals surface area contributed by atoms with Gasteiger partial charge in [-0.1, -0.05) is 44.2 Å². The van der Waals surface area contributed by atoms with Crippen LogP contribution in [0.5, 0.6) is 11.5 Å². The number of aliphatic hydroxyl groups excluding tert-OH is 1. The van der Waals surface area contributed by atoms with Crippen molar-refractivity contribution < 1.29 is 24.2 Å². The highest BCUT2D eigenvalue weighted by Gasteiger charge is 2.30. The minimum Gasteiger partial charge on any atom is -0.454 e. The molecule has 188 valence electrons. The number of amides is 2. The molecule has 0 bridgehead atoms. The molecule has 1 fully saturated rings. The van der Waals surface area contributed by atoms with Crippen molar-refractivity contribution in [2.24, 2.45) is 5.92 Å². The molecule has 3 N–H and O–H groups in total. The van der Waals surface area contributed by atoms with Crippen LogP contribution in [0.2, 0.25) is 0 Å². The Morgan fingerprint density at radius 2 is 1.89 bits per heavy atom. The van der Waals surface area contributed by atoms with Crippen molar-refractivity contribution in [3.8, 4) is 11.5 Å². The first-order chi connectivity index (χ1) is 16.9. The molecule has 8 nitrogen and oxygen atoms in total. The summed E-state index contributed by atoms with van der Waals surface area (Å²) in [5.74, 6) is 0.696. The molecule has 8 heteroatoms. The van der Waals surface area contributed by atoms with Crippen molar-refractivity contribution >= 4 is 11.8 Å². The van der Waals surface area contributed by atoms with Gasteiger partial charge in [0.2, 0.25) is 12.7 Å². The van der Waals surface area contributed by atoms with E-state index in [0.717, 1.165) is 19.5 Å². The highest BCUT2D eigenvalue weighted by molar-refractivity contribution is 5.98. The molecule has 0 radical (unpaired) electrons. The highest BCUT2D eigenvalue weighted by atomic mass is 16.7. The van der Waals surface area contributed by atoms with E-state index >= 15 is 0 Å². The van der Waals surface area contributed by atoms with Gasteiger partial charge in [-0.2, -0.15) is 0 Å². The molecular weight excluding hydrogens is 446 g/mol. The van der Waals surface area contributed by atoms with Crippen LogP contribution in [0.1, 0.15) is 49.0 Å². The number of nitrogens with zero attached hydrogens (tertiary/aromatic N) is 1. The highest BCUT2D eigenvalue weighted by Crippen LogP contribution is 2.32. The van der Waals surface area contributed by atoms with E-state index in [0.29, 0.717) is 36.4 Å². The Kier molecular flexibility index (Phi) is 8.25. The van der Waals surface area contributed by atoms with Gasteiger partial charge in [0.25, 0.3) is 5.91 Å². The zero-order chi connectivity index (χ0) is 24.8. The first-order valence-electron chi connectivity index (χ1n) is 12.3. The van der Waals surface area contributed by atoms with Gasteiger partial charge >= 0.3 is 0 Å². The van der Waals surface area contributed by atoms with E-state index < -0.39 is 12.1 Å². The predicted octanol–water partition coefficient (Wildman–Crippen LogP) is 2.70. The number of aliphatic hydroxyl groups is 1. The molecule has 1 saturated heterocycles. The van der Waals surface area contributed by atoms with Gasteiger partial charge in [0.15, 0.2) is 11.5 Å². The number of hydrogen-bond acceptors (Lipinski definition) is 6. The maximum atomic E-state index is 13.2. The molecule has 3 atom stereocenters. The Bertz CT molecular complexity index is 1010. The number of fused-ring (bicyclic) bond motifs is 1. The van der Waals surface area contributed by atoms with Crippen LogP contribution >= 0.6 is 0 Å². The van der Waals surface area contributed by atoms with Crippen LogP contribution in [0.3, 0.4) is 0 Å². The normalized spacial score (nSPS) is 20.8. The smallest absolute Gasteiger partial charge is 0.252 e. The van der Waals surface area contributed by atoms with E-state index in [1.165, 1.54) is 5.56 Å². The van der Waals surface area contributed by atoms with Gasteiger partial charge < -0.3 is 25.2 Å². The molecule has 2 amide bonds. The Morgan fingerprint density at radius 3 is 2.66 bits per heavy atom. The standard InChI is InChI=1S/C27H35N3O5/c1-18(2)13-22(29-26(32)20-10-11-24-25(14-20)35-17-34-24)27(33)28-21-9-6-12-30(16-23(21)31)15-19-7-4-3-5-8-19/h3-5,7-8,10-11,14,18,21-23,31H,6,9,12-13,15-17H2,1-2H3,(H,28,33)(H,29,32)/t21?,22-,23?/m0/s1. The van der Waals surface area contributed by atoms with Crippen molar-refractivity contribution in [2.45, 2.75) is 57.8 Å². The van der Waals surface area contributed by atoms with E-state index in [1.807, 2.05) is 32.0 Å². The van der Waals surface area contributed by atoms with Crippen LogP contribution in [0.25, 0.3) is 0 Å². The number of benzene rings is 2. The number of likely N-dealkylation sites (tertiary alicyclic amines) is 1. The van der Waals surface area contributed by atoms with E-state index in [2.05, 4.69) is 27.7 Å². The Balaban J connectivity index is 1.37. The van der Waals surface area contributed by atoms with E-state index in [1.54, 1.807) is 18.2 Å². The third-order valence-electron chi connectivity index (χ3n) is 6.44. The fourth-order valence-electron chi connectivity index (χ4n) is 4.63. The molecule has 2 aromatic rings. The molecule has 2 aromatic carbocycles. The van der Waals surface area contributed by atoms with Crippen LogP contribution < -0.4 is 20.1 Å². The quantitative estimate of drug-likeness (QED) is 0.536. The zero-order valence-corrected chi connectivity index (χ0v) is 20.4. The third kappa shape index (κ3) is 6.74. The number of β-amino-alcohol motifs (C(OH)–C–C–N with tert-alkyl or cyclic N) is 1. The second kappa shape index (κ2) is 11.6. The number of carbonyl (C=O) groups is 2. The van der Waals surface area contributed by atoms with Crippen molar-refractivity contribution in [1.29, 1.82) is 0 Å². The van der Waals surface area contributed by atoms with Crippen molar-refractivity contribution in [3.05, 3.63) is 59.7 Å². The molecule has 2 aliphatic rings. The fourth-order valence-corrected chi connectivity index (χ4v) is 4.63. The van der Waals surface area contributed by atoms with Gasteiger partial charge in [-0.3, -0.25) is 14.5 Å². The summed E-state index contributed by atoms with van der Waals surface area (Å²) < 4.78 is 10.7. The van der Waals surface area contributed by atoms with Gasteiger partial charge in [0, 0.05) is 18.7 Å². The van der Waals surface area contributed by atoms with Gasteiger partial charge in [-0.25, -0.2) is 0 Å². The number of hydrogen-bond donors (Lipinski definition) is 3. The predicted molar refractivity (Wildman–Crippen MR) is 132 cm³/mol. The van der Waals surface area contributed by atoms with Crippen LogP contribution in [-0.4, -0.2) is 59.9 Å². The van der Waals surface area contributed by atoms with Gasteiger partial charge in [-0.05, 0) is 55.5 Å². The summed E-state index contributed by atoms with van der Waals surface area (Å²) in [6.07, 6.45) is 1.36. The lowest BCUT2D eigenvalue weighted by molar-refractivity contribution is -0.125. The van der Waals surface area contributed by atoms with E-state index in [4.69, 9.17) is 9.47 Å². The lowest BCUT2D eigenvalue weighted by atomic mass is 10.0. The SMILES string of the molecule is CC(C)C[C@H](NC(=O)c1ccc2c(c1)OCO2)C(=O)NC1CCCN(Cc2ccccc2)CC1O. The number of nitrogens with one attached hydrogen (secondary N) is 2. The first kappa shape index (κ1) is 25.0. The Labute approximate surface area is 206 Å². The molecule has 2 aliphatic heterocycles. The molecule has 0 spiro atoms. The molecule has 35 heavy (non-hydrogen) atoms. The maximum absolute atomic E-state index is 13.2. The Hall–Kier alpha value is -3.10. The topological polar surface area (TPSA) is 100 Å². The number of rotatable bonds is 8. The first-order valence-corrected chi connectivity index (χ1v) is 12.3. The minimum atomic E-state index is -0.705. The summed E-state index contributed by atoms with van der Waals surface area (Å²) in [7, 11) is 0. The average Bonchev–Trinajstić information content (AvgIpc) is 3.24. The molecule has 0 aliphatic carbocycles. The average molecular weight is 482 g/mol. The van der Waals surface area contributed by atoms with Crippen molar-refractivity contribution in [1.82, 2.24) is 15.5 Å². The second-order valence-corrected chi connectivity index (χ2v) is 9.77. The minimum absolute atomic E-state index is 0.130. The van der Waals surface area contributed by atoms with Crippen LogP contribution in [0, 0.1) is 5.92 Å². The summed E-state index contributed by atoms with van der Waals surface area (Å²) in [4.78, 5) is 28.4. The van der Waals surface area contributed by atoms with Crippen molar-refractivity contribution in [2.75, 3.05) is 19.9 Å². The summed E-state index contributed by atoms with van der Waals surface area (Å²) in [6.45, 7) is 6.25. The van der Waals surface area contributed by atoms with Gasteiger partial charge in [0.1, 0.15) is 6.04 Å². The van der Waals surface area contributed by atoms with Crippen molar-refractivity contribution in [3.63, 3.8) is 0 Å². The van der Waals surface area contributed by atoms with Gasteiger partial charge in [0.05, 0.1) is 12.1 Å². The van der Waals surface area contributed by atoms with Crippen LogP contribution in [0.15, 0.2) is 48.5 Å². The molecule has 0 saturated carbocycles. The lowest BCUT2D eigenvalue weighted by Gasteiger charge is -2.27. The second-order valence-electron chi connectivity index (χ2n) is 9.77. The van der Waals surface area contributed by atoms with Crippen LogP contribution in [-0.2, 0) is 11.3 Å². The fraction of sp³-hybridized carbons (Fsp3) is 0.481. The molecule has 4 rings (SSSR count). The molecular formula is C27H35N3O5. The van der Waals surface area contributed by atoms with E-state index in [-0.39, 0.29) is 30.6 Å². The third-order valence-corrected chi connectivity index (χ3v) is 6.44. The summed E-state index contributed by atoms with van der Waals surface area (Å²) in [6, 6.07) is 14.1. The van der Waals surface area contributed by atoms with E-state index in [9.17, 15) is 14.7 Å². The Morgan fingerprint density at radius 1 is 1.11 bits per heavy atom. The number of ether oxygens (including phenoxy) is 2.